The Morgan fingerprint density at radius 2 is 1.78 bits per heavy atom. The first-order valence-corrected chi connectivity index (χ1v) is 7.33. The maximum absolute atomic E-state index is 11.9. The van der Waals surface area contributed by atoms with Gasteiger partial charge in [0, 0.05) is 17.4 Å². The van der Waals surface area contributed by atoms with Gasteiger partial charge in [-0.1, -0.05) is 48.5 Å². The fourth-order valence-electron chi connectivity index (χ4n) is 2.77. The summed E-state index contributed by atoms with van der Waals surface area (Å²) in [5, 5.41) is 0.824. The first-order valence-electron chi connectivity index (χ1n) is 7.33. The van der Waals surface area contributed by atoms with Crippen molar-refractivity contribution in [2.45, 2.75) is 12.3 Å². The van der Waals surface area contributed by atoms with E-state index in [1.165, 1.54) is 13.2 Å². The Bertz CT molecular complexity index is 881. The van der Waals surface area contributed by atoms with Crippen LogP contribution in [-0.4, -0.2) is 13.1 Å². The summed E-state index contributed by atoms with van der Waals surface area (Å²) in [6.45, 7) is 0. The van der Waals surface area contributed by atoms with Crippen LogP contribution in [0.2, 0.25) is 0 Å². The molecule has 0 radical (unpaired) electrons. The maximum atomic E-state index is 11.9. The normalized spacial score (nSPS) is 12.0. The predicted octanol–water partition coefficient (Wildman–Crippen LogP) is 3.49. The average Bonchev–Trinajstić information content (AvgIpc) is 2.59. The molecule has 3 aromatic rings. The van der Waals surface area contributed by atoms with Gasteiger partial charge in [0.05, 0.1) is 13.5 Å². The van der Waals surface area contributed by atoms with Crippen LogP contribution >= 0.6 is 0 Å². The molecule has 0 spiro atoms. The minimum atomic E-state index is -0.426. The summed E-state index contributed by atoms with van der Waals surface area (Å²) in [6, 6.07) is 18.4. The Labute approximate surface area is 133 Å². The zero-order chi connectivity index (χ0) is 16.2. The number of ether oxygens (including phenoxy) is 1. The summed E-state index contributed by atoms with van der Waals surface area (Å²) >= 11 is 0. The molecule has 0 bridgehead atoms. The van der Waals surface area contributed by atoms with Crippen molar-refractivity contribution in [2.24, 2.45) is 0 Å². The van der Waals surface area contributed by atoms with Crippen molar-refractivity contribution in [2.75, 3.05) is 7.11 Å². The van der Waals surface area contributed by atoms with Gasteiger partial charge in [-0.15, -0.1) is 0 Å². The van der Waals surface area contributed by atoms with Crippen LogP contribution in [0.3, 0.4) is 0 Å². The fraction of sp³-hybridized carbons (Fsp3) is 0.158. The first kappa shape index (κ1) is 15.0. The third kappa shape index (κ3) is 3.16. The number of carbonyl (C=O) groups excluding carboxylic acids is 1. The molecule has 0 N–H and O–H groups in total. The summed E-state index contributed by atoms with van der Waals surface area (Å²) in [5.74, 6) is -0.589. The Morgan fingerprint density at radius 3 is 2.52 bits per heavy atom. The number of hydrogen-bond donors (Lipinski definition) is 0. The summed E-state index contributed by atoms with van der Waals surface area (Å²) in [7, 11) is 1.36. The van der Waals surface area contributed by atoms with Gasteiger partial charge in [-0.3, -0.25) is 4.79 Å². The molecule has 1 atom stereocenters. The van der Waals surface area contributed by atoms with Gasteiger partial charge < -0.3 is 9.15 Å². The molecule has 1 unspecified atom stereocenters. The molecule has 23 heavy (non-hydrogen) atoms. The van der Waals surface area contributed by atoms with Crippen molar-refractivity contribution in [3.05, 3.63) is 82.2 Å². The lowest BCUT2D eigenvalue weighted by Crippen LogP contribution is -2.12. The van der Waals surface area contributed by atoms with Gasteiger partial charge in [-0.2, -0.15) is 0 Å². The Balaban J connectivity index is 2.21. The van der Waals surface area contributed by atoms with Crippen LogP contribution in [0.15, 0.2) is 69.9 Å². The molecular weight excluding hydrogens is 292 g/mol. The van der Waals surface area contributed by atoms with Gasteiger partial charge in [0.15, 0.2) is 0 Å². The number of carbonyl (C=O) groups is 1. The second-order valence-electron chi connectivity index (χ2n) is 5.26. The number of methoxy groups -OCH3 is 1. The lowest BCUT2D eigenvalue weighted by molar-refractivity contribution is -0.140. The van der Waals surface area contributed by atoms with Gasteiger partial charge in [0.25, 0.3) is 0 Å². The number of hydrogen-bond acceptors (Lipinski definition) is 4. The van der Waals surface area contributed by atoms with Gasteiger partial charge in [-0.05, 0) is 17.2 Å². The Morgan fingerprint density at radius 1 is 1.09 bits per heavy atom. The van der Waals surface area contributed by atoms with Crippen molar-refractivity contribution in [3.63, 3.8) is 0 Å². The van der Waals surface area contributed by atoms with Crippen LogP contribution in [-0.2, 0) is 9.53 Å². The maximum Gasteiger partial charge on any atom is 0.336 e. The molecule has 116 valence electrons. The molecule has 1 aromatic heterocycles. The predicted molar refractivity (Wildman–Crippen MR) is 87.4 cm³/mol. The minimum Gasteiger partial charge on any atom is -0.469 e. The number of esters is 1. The van der Waals surface area contributed by atoms with E-state index >= 15 is 0 Å². The fourth-order valence-corrected chi connectivity index (χ4v) is 2.77. The van der Waals surface area contributed by atoms with Crippen LogP contribution in [0.5, 0.6) is 0 Å². The van der Waals surface area contributed by atoms with Crippen LogP contribution in [0.1, 0.15) is 23.5 Å². The van der Waals surface area contributed by atoms with Crippen molar-refractivity contribution in [1.82, 2.24) is 0 Å². The zero-order valence-corrected chi connectivity index (χ0v) is 12.7. The second-order valence-corrected chi connectivity index (χ2v) is 5.26. The van der Waals surface area contributed by atoms with Crippen molar-refractivity contribution < 1.29 is 13.9 Å². The molecule has 0 aliphatic carbocycles. The molecule has 0 aliphatic rings. The zero-order valence-electron chi connectivity index (χ0n) is 12.7. The highest BCUT2D eigenvalue weighted by molar-refractivity contribution is 5.82. The summed E-state index contributed by atoms with van der Waals surface area (Å²) in [5.41, 5.74) is 1.81. The van der Waals surface area contributed by atoms with Crippen LogP contribution in [0.25, 0.3) is 11.0 Å². The Hall–Kier alpha value is -2.88. The van der Waals surface area contributed by atoms with Gasteiger partial charge in [0.1, 0.15) is 5.58 Å². The highest BCUT2D eigenvalue weighted by Crippen LogP contribution is 2.32. The molecule has 4 nitrogen and oxygen atoms in total. The molecule has 0 fully saturated rings. The van der Waals surface area contributed by atoms with Crippen molar-refractivity contribution in [3.8, 4) is 0 Å². The van der Waals surface area contributed by atoms with Gasteiger partial charge in [0.2, 0.25) is 0 Å². The number of rotatable bonds is 4. The topological polar surface area (TPSA) is 56.5 Å². The van der Waals surface area contributed by atoms with Crippen molar-refractivity contribution >= 4 is 16.9 Å². The van der Waals surface area contributed by atoms with Gasteiger partial charge in [-0.25, -0.2) is 4.79 Å². The lowest BCUT2D eigenvalue weighted by atomic mass is 9.87. The van der Waals surface area contributed by atoms with Crippen LogP contribution in [0.4, 0.5) is 0 Å². The second kappa shape index (κ2) is 6.48. The molecule has 0 saturated carbocycles. The van der Waals surface area contributed by atoms with E-state index in [1.807, 2.05) is 48.5 Å². The van der Waals surface area contributed by atoms with Crippen LogP contribution < -0.4 is 5.63 Å². The molecule has 1 heterocycles. The average molecular weight is 308 g/mol. The molecule has 3 rings (SSSR count). The van der Waals surface area contributed by atoms with E-state index in [2.05, 4.69) is 0 Å². The van der Waals surface area contributed by atoms with Crippen LogP contribution in [0, 0.1) is 0 Å². The quantitative estimate of drug-likeness (QED) is 0.547. The standard InChI is InChI=1S/C19H16O4/c1-22-18(20)11-15(13-7-3-2-4-8-13)16-12-19(21)23-17-10-6-5-9-14(16)17/h2-10,12,15H,11H2,1H3. The SMILES string of the molecule is COC(=O)CC(c1ccccc1)c1cc(=O)oc2ccccc12. The Kier molecular flexibility index (Phi) is 4.24. The third-order valence-electron chi connectivity index (χ3n) is 3.86. The van der Waals surface area contributed by atoms with E-state index in [1.54, 1.807) is 6.07 Å². The van der Waals surface area contributed by atoms with Crippen molar-refractivity contribution in [1.29, 1.82) is 0 Å². The summed E-state index contributed by atoms with van der Waals surface area (Å²) < 4.78 is 10.1. The highest BCUT2D eigenvalue weighted by Gasteiger charge is 2.22. The largest absolute Gasteiger partial charge is 0.469 e. The molecule has 4 heteroatoms. The molecule has 0 aliphatic heterocycles. The van der Waals surface area contributed by atoms with E-state index in [4.69, 9.17) is 9.15 Å². The van der Waals surface area contributed by atoms with Gasteiger partial charge >= 0.3 is 11.6 Å². The lowest BCUT2D eigenvalue weighted by Gasteiger charge is -2.18. The molecule has 0 saturated heterocycles. The first-order chi connectivity index (χ1) is 11.2. The smallest absolute Gasteiger partial charge is 0.336 e. The number of fused-ring (bicyclic) bond motifs is 1. The molecule has 2 aromatic carbocycles. The number of benzene rings is 2. The number of para-hydroxylation sites is 1. The monoisotopic (exact) mass is 308 g/mol. The minimum absolute atomic E-state index is 0.161. The third-order valence-corrected chi connectivity index (χ3v) is 3.86. The molecular formula is C19H16O4. The van der Waals surface area contributed by atoms with E-state index in [0.29, 0.717) is 5.58 Å². The summed E-state index contributed by atoms with van der Waals surface area (Å²) in [4.78, 5) is 23.8. The van der Waals surface area contributed by atoms with E-state index in [0.717, 1.165) is 16.5 Å². The van der Waals surface area contributed by atoms with E-state index in [-0.39, 0.29) is 18.3 Å². The van der Waals surface area contributed by atoms with E-state index < -0.39 is 5.63 Å². The molecule has 0 amide bonds. The highest BCUT2D eigenvalue weighted by atomic mass is 16.5. The summed E-state index contributed by atoms with van der Waals surface area (Å²) in [6.07, 6.45) is 0.161. The van der Waals surface area contributed by atoms with E-state index in [9.17, 15) is 9.59 Å².